The van der Waals surface area contributed by atoms with E-state index in [4.69, 9.17) is 4.55 Å². The van der Waals surface area contributed by atoms with Crippen LogP contribution in [-0.2, 0) is 11.1 Å². The topological polar surface area (TPSA) is 37.3 Å². The van der Waals surface area contributed by atoms with Crippen LogP contribution in [0.15, 0.2) is 0 Å². The average molecular weight is 144 g/mol. The highest BCUT2D eigenvalue weighted by molar-refractivity contribution is 7.79. The third-order valence-electron chi connectivity index (χ3n) is 0.511. The van der Waals surface area contributed by atoms with Gasteiger partial charge in [0.15, 0.2) is 11.1 Å². The number of hydrogen-bond donors (Lipinski definition) is 1. The summed E-state index contributed by atoms with van der Waals surface area (Å²) in [5, 5.41) is 0. The van der Waals surface area contributed by atoms with Crippen molar-refractivity contribution in [2.75, 3.05) is 5.75 Å². The average Bonchev–Trinajstić information content (AvgIpc) is 1.61. The first-order valence-electron chi connectivity index (χ1n) is 1.98. The fourth-order valence-electron chi connectivity index (χ4n) is 0.190. The molecule has 0 radical (unpaired) electrons. The first-order chi connectivity index (χ1) is 3.63. The lowest BCUT2D eigenvalue weighted by molar-refractivity contribution is 0.144. The third-order valence-corrected chi connectivity index (χ3v) is 1.10. The maximum absolute atomic E-state index is 11.1. The number of rotatable bonds is 3. The SMILES string of the molecule is O=S(O)CCC(F)F. The predicted molar refractivity (Wildman–Crippen MR) is 26.3 cm³/mol. The van der Waals surface area contributed by atoms with E-state index in [2.05, 4.69) is 0 Å². The zero-order valence-electron chi connectivity index (χ0n) is 4.01. The molecule has 8 heavy (non-hydrogen) atoms. The predicted octanol–water partition coefficient (Wildman–Crippen LogP) is 0.863. The largest absolute Gasteiger partial charge is 0.306 e. The van der Waals surface area contributed by atoms with Crippen molar-refractivity contribution in [1.29, 1.82) is 0 Å². The van der Waals surface area contributed by atoms with Crippen LogP contribution in [0.1, 0.15) is 6.42 Å². The van der Waals surface area contributed by atoms with Crippen LogP contribution in [0.2, 0.25) is 0 Å². The van der Waals surface area contributed by atoms with Crippen LogP contribution in [0.3, 0.4) is 0 Å². The van der Waals surface area contributed by atoms with Crippen LogP contribution in [0.4, 0.5) is 8.78 Å². The van der Waals surface area contributed by atoms with E-state index in [0.29, 0.717) is 0 Å². The van der Waals surface area contributed by atoms with Gasteiger partial charge in [0, 0.05) is 6.42 Å². The molecular formula is C3H6F2O2S. The van der Waals surface area contributed by atoms with E-state index in [1.54, 1.807) is 0 Å². The zero-order chi connectivity index (χ0) is 6.57. The monoisotopic (exact) mass is 144 g/mol. The van der Waals surface area contributed by atoms with Gasteiger partial charge >= 0.3 is 0 Å². The van der Waals surface area contributed by atoms with Crippen molar-refractivity contribution in [2.45, 2.75) is 12.8 Å². The molecule has 0 rings (SSSR count). The molecular weight excluding hydrogens is 138 g/mol. The Morgan fingerprint density at radius 3 is 2.25 bits per heavy atom. The summed E-state index contributed by atoms with van der Waals surface area (Å²) in [6, 6.07) is 0. The molecule has 0 aromatic rings. The van der Waals surface area contributed by atoms with Gasteiger partial charge in [0.1, 0.15) is 0 Å². The number of hydrogen-bond acceptors (Lipinski definition) is 1. The second kappa shape index (κ2) is 3.91. The van der Waals surface area contributed by atoms with Crippen molar-refractivity contribution in [1.82, 2.24) is 0 Å². The summed E-state index contributed by atoms with van der Waals surface area (Å²) in [6.45, 7) is 0. The van der Waals surface area contributed by atoms with Crippen molar-refractivity contribution in [2.24, 2.45) is 0 Å². The molecule has 50 valence electrons. The van der Waals surface area contributed by atoms with Crippen LogP contribution < -0.4 is 0 Å². The zero-order valence-corrected chi connectivity index (χ0v) is 4.83. The van der Waals surface area contributed by atoms with E-state index >= 15 is 0 Å². The van der Waals surface area contributed by atoms with E-state index < -0.39 is 23.9 Å². The van der Waals surface area contributed by atoms with E-state index in [9.17, 15) is 13.0 Å². The molecule has 2 nitrogen and oxygen atoms in total. The van der Waals surface area contributed by atoms with Gasteiger partial charge in [-0.3, -0.25) is 0 Å². The Hall–Kier alpha value is -0.0300. The fraction of sp³-hybridized carbons (Fsp3) is 1.00. The lowest BCUT2D eigenvalue weighted by Gasteiger charge is -1.91. The van der Waals surface area contributed by atoms with Gasteiger partial charge in [0.05, 0.1) is 5.75 Å². The molecule has 1 unspecified atom stereocenters. The smallest absolute Gasteiger partial charge is 0.239 e. The van der Waals surface area contributed by atoms with Gasteiger partial charge in [0.25, 0.3) is 0 Å². The van der Waals surface area contributed by atoms with E-state index in [1.165, 1.54) is 0 Å². The second-order valence-electron chi connectivity index (χ2n) is 1.21. The summed E-state index contributed by atoms with van der Waals surface area (Å²) in [6.07, 6.45) is -2.96. The molecule has 0 amide bonds. The van der Waals surface area contributed by atoms with Gasteiger partial charge < -0.3 is 4.55 Å². The van der Waals surface area contributed by atoms with Crippen molar-refractivity contribution < 1.29 is 17.5 Å². The maximum atomic E-state index is 11.1. The maximum Gasteiger partial charge on any atom is 0.239 e. The lowest BCUT2D eigenvalue weighted by atomic mass is 10.5. The second-order valence-corrected chi connectivity index (χ2v) is 2.26. The van der Waals surface area contributed by atoms with E-state index in [-0.39, 0.29) is 5.75 Å². The number of halogens is 2. The van der Waals surface area contributed by atoms with Gasteiger partial charge in [0.2, 0.25) is 6.43 Å². The molecule has 0 heterocycles. The summed E-state index contributed by atoms with van der Waals surface area (Å²) in [4.78, 5) is 0. The molecule has 0 saturated carbocycles. The Morgan fingerprint density at radius 2 is 2.12 bits per heavy atom. The van der Waals surface area contributed by atoms with Crippen LogP contribution in [-0.4, -0.2) is 20.9 Å². The first-order valence-corrected chi connectivity index (χ1v) is 3.26. The first kappa shape index (κ1) is 7.97. The highest BCUT2D eigenvalue weighted by atomic mass is 32.2. The normalized spacial score (nSPS) is 14.5. The highest BCUT2D eigenvalue weighted by Gasteiger charge is 2.03. The van der Waals surface area contributed by atoms with Crippen LogP contribution in [0.5, 0.6) is 0 Å². The molecule has 0 aliphatic rings. The third kappa shape index (κ3) is 5.97. The van der Waals surface area contributed by atoms with Gasteiger partial charge in [-0.1, -0.05) is 0 Å². The van der Waals surface area contributed by atoms with Gasteiger partial charge in [-0.05, 0) is 0 Å². The van der Waals surface area contributed by atoms with Crippen LogP contribution in [0.25, 0.3) is 0 Å². The molecule has 0 fully saturated rings. The minimum Gasteiger partial charge on any atom is -0.306 e. The highest BCUT2D eigenvalue weighted by Crippen LogP contribution is 1.98. The van der Waals surface area contributed by atoms with Gasteiger partial charge in [-0.2, -0.15) is 0 Å². The Kier molecular flexibility index (Phi) is 3.90. The fourth-order valence-corrected chi connectivity index (χ4v) is 0.570. The molecule has 0 aliphatic heterocycles. The minimum absolute atomic E-state index is 0.336. The number of alkyl halides is 2. The Labute approximate surface area is 48.2 Å². The molecule has 1 atom stereocenters. The van der Waals surface area contributed by atoms with E-state index in [1.807, 2.05) is 0 Å². The van der Waals surface area contributed by atoms with Crippen molar-refractivity contribution in [3.05, 3.63) is 0 Å². The summed E-state index contributed by atoms with van der Waals surface area (Å²) >= 11 is -2.07. The Balaban J connectivity index is 3.05. The molecule has 5 heteroatoms. The van der Waals surface area contributed by atoms with Crippen molar-refractivity contribution >= 4 is 11.1 Å². The molecule has 0 spiro atoms. The summed E-state index contributed by atoms with van der Waals surface area (Å²) in [7, 11) is 0. The lowest BCUT2D eigenvalue weighted by Crippen LogP contribution is -2.00. The van der Waals surface area contributed by atoms with Crippen molar-refractivity contribution in [3.8, 4) is 0 Å². The summed E-state index contributed by atoms with van der Waals surface area (Å²) in [5.74, 6) is -0.336. The quantitative estimate of drug-likeness (QED) is 0.596. The summed E-state index contributed by atoms with van der Waals surface area (Å²) in [5.41, 5.74) is 0. The van der Waals surface area contributed by atoms with Gasteiger partial charge in [-0.25, -0.2) is 13.0 Å². The molecule has 1 N–H and O–H groups in total. The van der Waals surface area contributed by atoms with Crippen molar-refractivity contribution in [3.63, 3.8) is 0 Å². The molecule has 0 aromatic heterocycles. The van der Waals surface area contributed by atoms with E-state index in [0.717, 1.165) is 0 Å². The minimum atomic E-state index is -2.47. The molecule has 0 saturated heterocycles. The standard InChI is InChI=1S/C3H6F2O2S/c4-3(5)1-2-8(6)7/h3H,1-2H2,(H,6,7). The molecule has 0 aliphatic carbocycles. The molecule has 0 bridgehead atoms. The molecule has 0 aromatic carbocycles. The Morgan fingerprint density at radius 1 is 1.62 bits per heavy atom. The summed E-state index contributed by atoms with van der Waals surface area (Å²) < 4.78 is 39.9. The van der Waals surface area contributed by atoms with Gasteiger partial charge in [-0.15, -0.1) is 0 Å². The Bertz CT molecular complexity index is 85.4. The van der Waals surface area contributed by atoms with Crippen LogP contribution in [0, 0.1) is 0 Å². The van der Waals surface area contributed by atoms with Crippen LogP contribution >= 0.6 is 0 Å².